The lowest BCUT2D eigenvalue weighted by Crippen LogP contribution is -2.29. The molecule has 0 spiro atoms. The van der Waals surface area contributed by atoms with E-state index < -0.39 is 0 Å². The molecule has 0 radical (unpaired) electrons. The molecule has 3 heterocycles. The van der Waals surface area contributed by atoms with Crippen LogP contribution in [0.1, 0.15) is 42.3 Å². The third-order valence-electron chi connectivity index (χ3n) is 6.48. The van der Waals surface area contributed by atoms with Gasteiger partial charge >= 0.3 is 0 Å². The molecule has 0 unspecified atom stereocenters. The number of tetrazole rings is 1. The van der Waals surface area contributed by atoms with E-state index in [4.69, 9.17) is 4.74 Å². The fourth-order valence-electron chi connectivity index (χ4n) is 4.55. The van der Waals surface area contributed by atoms with E-state index in [2.05, 4.69) is 38.4 Å². The van der Waals surface area contributed by atoms with Crippen molar-refractivity contribution in [2.45, 2.75) is 58.5 Å². The summed E-state index contributed by atoms with van der Waals surface area (Å²) in [6.45, 7) is 4.82. The zero-order chi connectivity index (χ0) is 24.2. The predicted octanol–water partition coefficient (Wildman–Crippen LogP) is 3.60. The smallest absolute Gasteiger partial charge is 0.252 e. The fourth-order valence-corrected chi connectivity index (χ4v) is 4.55. The molecule has 0 bridgehead atoms. The maximum atomic E-state index is 13.5. The summed E-state index contributed by atoms with van der Waals surface area (Å²) in [5, 5.41) is 13.3. The number of ether oxygens (including phenoxy) is 1. The van der Waals surface area contributed by atoms with Crippen molar-refractivity contribution in [3.8, 4) is 0 Å². The molecule has 4 aromatic rings. The van der Waals surface area contributed by atoms with E-state index in [1.54, 1.807) is 16.8 Å². The van der Waals surface area contributed by atoms with Crippen LogP contribution in [0.3, 0.4) is 0 Å². The highest BCUT2D eigenvalue weighted by Gasteiger charge is 2.21. The molecule has 1 atom stereocenters. The highest BCUT2D eigenvalue weighted by atomic mass is 19.1. The number of rotatable bonds is 9. The molecule has 2 aromatic carbocycles. The molecule has 35 heavy (non-hydrogen) atoms. The number of pyridine rings is 1. The van der Waals surface area contributed by atoms with Crippen LogP contribution in [-0.4, -0.2) is 42.8 Å². The second-order valence-corrected chi connectivity index (χ2v) is 9.08. The quantitative estimate of drug-likeness (QED) is 0.397. The van der Waals surface area contributed by atoms with Crippen LogP contribution in [-0.2, 0) is 37.3 Å². The lowest BCUT2D eigenvalue weighted by atomic mass is 10.1. The number of H-pyrrole nitrogens is 1. The van der Waals surface area contributed by atoms with Crippen molar-refractivity contribution in [1.82, 2.24) is 30.1 Å². The van der Waals surface area contributed by atoms with Gasteiger partial charge in [0, 0.05) is 30.8 Å². The van der Waals surface area contributed by atoms with E-state index in [-0.39, 0.29) is 17.5 Å². The third-order valence-corrected chi connectivity index (χ3v) is 6.48. The summed E-state index contributed by atoms with van der Waals surface area (Å²) in [6.07, 6.45) is 3.07. The van der Waals surface area contributed by atoms with Crippen molar-refractivity contribution < 1.29 is 9.13 Å². The number of aromatic nitrogens is 5. The van der Waals surface area contributed by atoms with E-state index in [9.17, 15) is 9.18 Å². The van der Waals surface area contributed by atoms with Crippen LogP contribution in [0, 0.1) is 5.82 Å². The zero-order valence-corrected chi connectivity index (χ0v) is 19.8. The number of benzene rings is 2. The summed E-state index contributed by atoms with van der Waals surface area (Å²) in [6, 6.07) is 14.5. The Hall–Kier alpha value is -3.43. The van der Waals surface area contributed by atoms with E-state index in [0.29, 0.717) is 37.6 Å². The second-order valence-electron chi connectivity index (χ2n) is 9.08. The van der Waals surface area contributed by atoms with Crippen LogP contribution in [0.2, 0.25) is 0 Å². The van der Waals surface area contributed by atoms with Crippen molar-refractivity contribution in [3.63, 3.8) is 0 Å². The summed E-state index contributed by atoms with van der Waals surface area (Å²) < 4.78 is 21.0. The van der Waals surface area contributed by atoms with Crippen LogP contribution in [0.25, 0.3) is 10.9 Å². The fraction of sp³-hybridized carbons (Fsp3) is 0.385. The monoisotopic (exact) mass is 476 g/mol. The summed E-state index contributed by atoms with van der Waals surface area (Å²) >= 11 is 0. The molecule has 182 valence electrons. The predicted molar refractivity (Wildman–Crippen MR) is 130 cm³/mol. The highest BCUT2D eigenvalue weighted by Crippen LogP contribution is 2.18. The standard InChI is InChI=1S/C26H29FN6O2/c1-2-18-7-10-24-20(12-18)13-21(26(34)28-24)15-32(14-19-5-8-22(27)9-6-19)17-25-29-30-31-33(25)16-23-4-3-11-35-23/h5-10,12-13,23H,2-4,11,14-17H2,1H3,(H,28,34)/t23-/m1/s1. The van der Waals surface area contributed by atoms with Crippen molar-refractivity contribution in [2.75, 3.05) is 6.61 Å². The largest absolute Gasteiger partial charge is 0.376 e. The first-order valence-electron chi connectivity index (χ1n) is 12.1. The van der Waals surface area contributed by atoms with Crippen LogP contribution in [0.5, 0.6) is 0 Å². The summed E-state index contributed by atoms with van der Waals surface area (Å²) in [4.78, 5) is 18.0. The Morgan fingerprint density at radius 3 is 2.71 bits per heavy atom. The number of hydrogen-bond donors (Lipinski definition) is 1. The number of aromatic amines is 1. The van der Waals surface area contributed by atoms with Crippen LogP contribution in [0.15, 0.2) is 53.3 Å². The van der Waals surface area contributed by atoms with Gasteiger partial charge in [0.25, 0.3) is 5.56 Å². The van der Waals surface area contributed by atoms with E-state index in [0.717, 1.165) is 42.3 Å². The van der Waals surface area contributed by atoms with Crippen molar-refractivity contribution in [3.05, 3.63) is 87.2 Å². The van der Waals surface area contributed by atoms with Crippen molar-refractivity contribution in [2.24, 2.45) is 0 Å². The van der Waals surface area contributed by atoms with Gasteiger partial charge in [-0.05, 0) is 76.5 Å². The number of aryl methyl sites for hydroxylation is 1. The molecule has 1 saturated heterocycles. The number of hydrogen-bond acceptors (Lipinski definition) is 6. The lowest BCUT2D eigenvalue weighted by Gasteiger charge is -2.22. The van der Waals surface area contributed by atoms with E-state index in [1.807, 2.05) is 18.2 Å². The minimum atomic E-state index is -0.279. The topological polar surface area (TPSA) is 88.9 Å². The minimum Gasteiger partial charge on any atom is -0.376 e. The van der Waals surface area contributed by atoms with Gasteiger partial charge in [-0.2, -0.15) is 0 Å². The van der Waals surface area contributed by atoms with Crippen LogP contribution >= 0.6 is 0 Å². The molecule has 8 nitrogen and oxygen atoms in total. The maximum Gasteiger partial charge on any atom is 0.252 e. The van der Waals surface area contributed by atoms with Gasteiger partial charge < -0.3 is 9.72 Å². The molecule has 1 aliphatic rings. The molecular weight excluding hydrogens is 447 g/mol. The number of halogens is 1. The normalized spacial score (nSPS) is 15.9. The van der Waals surface area contributed by atoms with Crippen molar-refractivity contribution >= 4 is 10.9 Å². The summed E-state index contributed by atoms with van der Waals surface area (Å²) in [5.74, 6) is 0.423. The van der Waals surface area contributed by atoms with Gasteiger partial charge in [-0.15, -0.1) is 5.10 Å². The molecule has 0 aliphatic carbocycles. The average Bonchev–Trinajstić information content (AvgIpc) is 3.53. The van der Waals surface area contributed by atoms with Gasteiger partial charge in [-0.1, -0.05) is 25.1 Å². The molecule has 0 amide bonds. The molecule has 1 fully saturated rings. The Kier molecular flexibility index (Phi) is 6.96. The molecule has 1 aliphatic heterocycles. The minimum absolute atomic E-state index is 0.110. The number of fused-ring (bicyclic) bond motifs is 1. The molecule has 5 rings (SSSR count). The second kappa shape index (κ2) is 10.5. The number of nitrogens with zero attached hydrogens (tertiary/aromatic N) is 5. The Balaban J connectivity index is 1.43. The van der Waals surface area contributed by atoms with E-state index in [1.165, 1.54) is 17.7 Å². The Morgan fingerprint density at radius 2 is 1.94 bits per heavy atom. The Labute approximate surface area is 202 Å². The third kappa shape index (κ3) is 5.63. The molecule has 2 aromatic heterocycles. The van der Waals surface area contributed by atoms with Crippen LogP contribution in [0.4, 0.5) is 4.39 Å². The first kappa shape index (κ1) is 23.3. The van der Waals surface area contributed by atoms with Crippen LogP contribution < -0.4 is 5.56 Å². The SMILES string of the molecule is CCc1ccc2[nH]c(=O)c(CN(Cc3ccc(F)cc3)Cc3nnnn3C[C@H]3CCCO3)cc2c1. The zero-order valence-electron chi connectivity index (χ0n) is 19.8. The molecule has 1 N–H and O–H groups in total. The summed E-state index contributed by atoms with van der Waals surface area (Å²) in [5.41, 5.74) is 3.51. The molecule has 0 saturated carbocycles. The Morgan fingerprint density at radius 1 is 1.11 bits per heavy atom. The van der Waals surface area contributed by atoms with E-state index >= 15 is 0 Å². The highest BCUT2D eigenvalue weighted by molar-refractivity contribution is 5.79. The maximum absolute atomic E-state index is 13.5. The average molecular weight is 477 g/mol. The van der Waals surface area contributed by atoms with Gasteiger partial charge in [0.05, 0.1) is 19.2 Å². The van der Waals surface area contributed by atoms with Crippen molar-refractivity contribution in [1.29, 1.82) is 0 Å². The molecule has 9 heteroatoms. The first-order valence-corrected chi connectivity index (χ1v) is 12.1. The number of nitrogens with one attached hydrogen (secondary N) is 1. The first-order chi connectivity index (χ1) is 17.1. The lowest BCUT2D eigenvalue weighted by molar-refractivity contribution is 0.0914. The van der Waals surface area contributed by atoms with Gasteiger partial charge in [-0.25, -0.2) is 9.07 Å². The van der Waals surface area contributed by atoms with Gasteiger partial charge in [0.15, 0.2) is 5.82 Å². The van der Waals surface area contributed by atoms with Gasteiger partial charge in [-0.3, -0.25) is 9.69 Å². The van der Waals surface area contributed by atoms with Gasteiger partial charge in [0.1, 0.15) is 5.82 Å². The summed E-state index contributed by atoms with van der Waals surface area (Å²) in [7, 11) is 0. The Bertz CT molecular complexity index is 1340. The van der Waals surface area contributed by atoms with Gasteiger partial charge in [0.2, 0.25) is 0 Å². The molecular formula is C26H29FN6O2.